The summed E-state index contributed by atoms with van der Waals surface area (Å²) < 4.78 is 11.8. The third-order valence-corrected chi connectivity index (χ3v) is 8.69. The Morgan fingerprint density at radius 3 is 2.21 bits per heavy atom. The van der Waals surface area contributed by atoms with E-state index in [4.69, 9.17) is 9.39 Å². The van der Waals surface area contributed by atoms with Gasteiger partial charge in [0.15, 0.2) is 0 Å². The molecule has 7 nitrogen and oxygen atoms in total. The second-order valence-electron chi connectivity index (χ2n) is 14.0. The SMILES string of the molecule is CC(C)CC(NC(=O)C(Cc1ccccc1)NC(=O)OC(C)(C)C)B(O)OC1CC2CC(C2(C)C)C1(C)C. The number of carbonyl (C=O) groups is 2. The number of ether oxygens (including phenoxy) is 1. The molecule has 3 aliphatic rings. The van der Waals surface area contributed by atoms with Crippen LogP contribution >= 0.6 is 0 Å². The predicted molar refractivity (Wildman–Crippen MR) is 151 cm³/mol. The highest BCUT2D eigenvalue weighted by molar-refractivity contribution is 6.45. The van der Waals surface area contributed by atoms with Gasteiger partial charge in [-0.2, -0.15) is 0 Å². The van der Waals surface area contributed by atoms with Crippen LogP contribution in [0.1, 0.15) is 87.1 Å². The number of nitrogens with one attached hydrogen (secondary N) is 2. The first-order valence-corrected chi connectivity index (χ1v) is 14.2. The lowest BCUT2D eigenvalue weighted by molar-refractivity contribution is -0.196. The molecule has 3 N–H and O–H groups in total. The van der Waals surface area contributed by atoms with Crippen LogP contribution in [-0.2, 0) is 20.6 Å². The second kappa shape index (κ2) is 11.6. The average Bonchev–Trinajstić information content (AvgIpc) is 2.77. The third-order valence-electron chi connectivity index (χ3n) is 8.69. The number of fused-ring (bicyclic) bond motifs is 2. The molecule has 0 aromatic heterocycles. The zero-order chi connectivity index (χ0) is 28.5. The van der Waals surface area contributed by atoms with Gasteiger partial charge < -0.3 is 25.0 Å². The monoisotopic (exact) mass is 528 g/mol. The van der Waals surface area contributed by atoms with Crippen LogP contribution in [0.2, 0.25) is 0 Å². The van der Waals surface area contributed by atoms with Crippen molar-refractivity contribution in [2.75, 3.05) is 0 Å². The Morgan fingerprint density at radius 1 is 1.05 bits per heavy atom. The van der Waals surface area contributed by atoms with Crippen molar-refractivity contribution in [2.24, 2.45) is 28.6 Å². The fourth-order valence-corrected chi connectivity index (χ4v) is 6.51. The van der Waals surface area contributed by atoms with E-state index >= 15 is 0 Å². The number of hydrogen-bond acceptors (Lipinski definition) is 5. The van der Waals surface area contributed by atoms with Crippen LogP contribution in [-0.4, -0.2) is 47.8 Å². The van der Waals surface area contributed by atoms with Gasteiger partial charge in [-0.25, -0.2) is 4.79 Å². The molecule has 0 heterocycles. The molecular formula is C30H49BN2O5. The number of rotatable bonds is 10. The third kappa shape index (κ3) is 7.32. The van der Waals surface area contributed by atoms with Crippen LogP contribution in [0.4, 0.5) is 4.79 Å². The molecule has 1 aromatic rings. The van der Waals surface area contributed by atoms with Crippen LogP contribution in [0.5, 0.6) is 0 Å². The summed E-state index contributed by atoms with van der Waals surface area (Å²) in [5.74, 6) is 0.362. The molecule has 3 saturated carbocycles. The summed E-state index contributed by atoms with van der Waals surface area (Å²) in [4.78, 5) is 26.2. The Balaban J connectivity index is 1.73. The Morgan fingerprint density at radius 2 is 1.68 bits per heavy atom. The average molecular weight is 529 g/mol. The zero-order valence-corrected chi connectivity index (χ0v) is 24.8. The van der Waals surface area contributed by atoms with Crippen molar-refractivity contribution in [3.05, 3.63) is 35.9 Å². The van der Waals surface area contributed by atoms with Gasteiger partial charge in [0, 0.05) is 12.5 Å². The number of amides is 2. The van der Waals surface area contributed by atoms with Crippen molar-refractivity contribution in [1.82, 2.24) is 10.6 Å². The molecule has 0 saturated heterocycles. The van der Waals surface area contributed by atoms with Gasteiger partial charge in [-0.15, -0.1) is 0 Å². The first kappa shape index (κ1) is 30.5. The maximum Gasteiger partial charge on any atom is 0.478 e. The quantitative estimate of drug-likeness (QED) is 0.365. The van der Waals surface area contributed by atoms with Crippen LogP contribution < -0.4 is 10.6 Å². The van der Waals surface area contributed by atoms with Crippen molar-refractivity contribution >= 4 is 19.1 Å². The van der Waals surface area contributed by atoms with Gasteiger partial charge in [-0.1, -0.05) is 71.9 Å². The summed E-state index contributed by atoms with van der Waals surface area (Å²) in [5.41, 5.74) is 0.438. The standard InChI is InChI=1S/C30H49BN2O5/c1-19(2)15-25(31(36)38-24-18-21-17-23(29(21,6)7)30(24,8)9)33-26(34)22(16-20-13-11-10-12-14-20)32-27(35)37-28(3,4)5/h10-14,19,21-25,36H,15-18H2,1-9H3,(H,32,35)(H,33,34). The maximum atomic E-state index is 13.6. The molecule has 5 atom stereocenters. The number of hydrogen-bond donors (Lipinski definition) is 3. The molecular weight excluding hydrogens is 479 g/mol. The molecule has 2 amide bonds. The van der Waals surface area contributed by atoms with E-state index in [1.165, 1.54) is 6.42 Å². The van der Waals surface area contributed by atoms with E-state index in [1.54, 1.807) is 20.8 Å². The highest BCUT2D eigenvalue weighted by atomic mass is 16.6. The largest absolute Gasteiger partial charge is 0.478 e. The number of benzene rings is 1. The molecule has 0 spiro atoms. The second-order valence-corrected chi connectivity index (χ2v) is 14.0. The summed E-state index contributed by atoms with van der Waals surface area (Å²) in [6.07, 6.45) is 2.22. The van der Waals surface area contributed by atoms with Gasteiger partial charge in [0.2, 0.25) is 5.91 Å². The Hall–Kier alpha value is -2.06. The number of alkyl carbamates (subject to hydrolysis) is 1. The highest BCUT2D eigenvalue weighted by Crippen LogP contribution is 2.66. The highest BCUT2D eigenvalue weighted by Gasteiger charge is 2.62. The number of carbonyl (C=O) groups excluding carboxylic acids is 2. The summed E-state index contributed by atoms with van der Waals surface area (Å²) in [7, 11) is -1.15. The molecule has 1 aromatic carbocycles. The van der Waals surface area contributed by atoms with Crippen LogP contribution in [0, 0.1) is 28.6 Å². The van der Waals surface area contributed by atoms with E-state index < -0.39 is 30.8 Å². The van der Waals surface area contributed by atoms with E-state index in [9.17, 15) is 14.6 Å². The van der Waals surface area contributed by atoms with Gasteiger partial charge in [0.05, 0.1) is 5.94 Å². The molecule has 4 rings (SSSR count). The van der Waals surface area contributed by atoms with Gasteiger partial charge >= 0.3 is 13.2 Å². The lowest BCUT2D eigenvalue weighted by atomic mass is 9.40. The summed E-state index contributed by atoms with van der Waals surface area (Å²) in [6, 6.07) is 8.67. The van der Waals surface area contributed by atoms with Crippen molar-refractivity contribution < 1.29 is 24.0 Å². The van der Waals surface area contributed by atoms with Gasteiger partial charge in [-0.05, 0) is 74.2 Å². The molecule has 5 unspecified atom stereocenters. The van der Waals surface area contributed by atoms with Crippen LogP contribution in [0.15, 0.2) is 30.3 Å². The molecule has 0 radical (unpaired) electrons. The van der Waals surface area contributed by atoms with Crippen molar-refractivity contribution in [1.29, 1.82) is 0 Å². The molecule has 2 bridgehead atoms. The van der Waals surface area contributed by atoms with Gasteiger partial charge in [0.25, 0.3) is 0 Å². The summed E-state index contributed by atoms with van der Waals surface area (Å²) in [5, 5.41) is 17.0. The minimum atomic E-state index is -1.15. The van der Waals surface area contributed by atoms with E-state index in [-0.39, 0.29) is 28.8 Å². The first-order chi connectivity index (χ1) is 17.5. The lowest BCUT2D eigenvalue weighted by Gasteiger charge is -2.66. The van der Waals surface area contributed by atoms with E-state index in [1.807, 2.05) is 30.3 Å². The van der Waals surface area contributed by atoms with Gasteiger partial charge in [0.1, 0.15) is 11.6 Å². The van der Waals surface area contributed by atoms with Crippen LogP contribution in [0.25, 0.3) is 0 Å². The Kier molecular flexibility index (Phi) is 9.30. The fourth-order valence-electron chi connectivity index (χ4n) is 6.51. The minimum Gasteiger partial charge on any atom is -0.444 e. The fraction of sp³-hybridized carbons (Fsp3) is 0.733. The first-order valence-electron chi connectivity index (χ1n) is 14.2. The van der Waals surface area contributed by atoms with E-state index in [0.29, 0.717) is 24.7 Å². The van der Waals surface area contributed by atoms with E-state index in [0.717, 1.165) is 12.0 Å². The van der Waals surface area contributed by atoms with Crippen molar-refractivity contribution in [3.8, 4) is 0 Å². The molecule has 212 valence electrons. The Bertz CT molecular complexity index is 959. The predicted octanol–water partition coefficient (Wildman–Crippen LogP) is 5.15. The van der Waals surface area contributed by atoms with Crippen LogP contribution in [0.3, 0.4) is 0 Å². The molecule has 38 heavy (non-hydrogen) atoms. The normalized spacial score (nSPS) is 25.1. The minimum absolute atomic E-state index is 0.0697. The Labute approximate surface area is 230 Å². The zero-order valence-electron chi connectivity index (χ0n) is 24.8. The maximum absolute atomic E-state index is 13.6. The van der Waals surface area contributed by atoms with Gasteiger partial charge in [-0.3, -0.25) is 4.79 Å². The molecule has 8 heteroatoms. The van der Waals surface area contributed by atoms with Crippen molar-refractivity contribution in [3.63, 3.8) is 0 Å². The van der Waals surface area contributed by atoms with E-state index in [2.05, 4.69) is 52.2 Å². The topological polar surface area (TPSA) is 96.9 Å². The smallest absolute Gasteiger partial charge is 0.444 e. The van der Waals surface area contributed by atoms with Crippen molar-refractivity contribution in [2.45, 2.75) is 112 Å². The summed E-state index contributed by atoms with van der Waals surface area (Å²) in [6.45, 7) is 18.6. The molecule has 0 aliphatic heterocycles. The lowest BCUT2D eigenvalue weighted by Crippen LogP contribution is -2.64. The molecule has 3 fully saturated rings. The summed E-state index contributed by atoms with van der Waals surface area (Å²) >= 11 is 0. The molecule has 3 aliphatic carbocycles.